The Morgan fingerprint density at radius 2 is 1.92 bits per heavy atom. The molecule has 1 aromatic carbocycles. The highest BCUT2D eigenvalue weighted by molar-refractivity contribution is 5.87. The summed E-state index contributed by atoms with van der Waals surface area (Å²) < 4.78 is 5.39. The molecule has 0 spiro atoms. The normalized spacial score (nSPS) is 12.0. The van der Waals surface area contributed by atoms with Gasteiger partial charge in [0, 0.05) is 5.56 Å². The number of carbonyl (C=O) groups excluding carboxylic acids is 2. The van der Waals surface area contributed by atoms with E-state index in [1.54, 1.807) is 0 Å². The van der Waals surface area contributed by atoms with Gasteiger partial charge in [-0.15, -0.1) is 0 Å². The highest BCUT2D eigenvalue weighted by Gasteiger charge is 2.18. The van der Waals surface area contributed by atoms with Crippen molar-refractivity contribution in [1.29, 1.82) is 0 Å². The second-order valence-corrected chi connectivity index (χ2v) is 5.76. The molecule has 24 heavy (non-hydrogen) atoms. The van der Waals surface area contributed by atoms with Crippen LogP contribution in [0.25, 0.3) is 11.3 Å². The van der Waals surface area contributed by atoms with Crippen LogP contribution in [-0.2, 0) is 16.1 Å². The lowest BCUT2D eigenvalue weighted by molar-refractivity contribution is -0.127. The smallest absolute Gasteiger partial charge is 0.239 e. The summed E-state index contributed by atoms with van der Waals surface area (Å²) in [7, 11) is 0. The lowest BCUT2D eigenvalue weighted by atomic mass is 10.1. The van der Waals surface area contributed by atoms with E-state index in [4.69, 9.17) is 10.2 Å². The average Bonchev–Trinajstić information content (AvgIpc) is 3.06. The van der Waals surface area contributed by atoms with E-state index in [1.807, 2.05) is 44.2 Å². The summed E-state index contributed by atoms with van der Waals surface area (Å²) in [5, 5.41) is 5.22. The third kappa shape index (κ3) is 4.66. The SMILES string of the molecule is CC(C)[C@H](N)C(=O)NCC(=O)NCc1ncoc1-c1ccccc1. The molecule has 2 aromatic rings. The zero-order chi connectivity index (χ0) is 17.5. The average molecular weight is 330 g/mol. The van der Waals surface area contributed by atoms with Crippen molar-refractivity contribution in [1.82, 2.24) is 15.6 Å². The van der Waals surface area contributed by atoms with Gasteiger partial charge in [0.1, 0.15) is 5.69 Å². The summed E-state index contributed by atoms with van der Waals surface area (Å²) in [5.74, 6) is -0.0359. The fourth-order valence-corrected chi connectivity index (χ4v) is 2.05. The van der Waals surface area contributed by atoms with E-state index >= 15 is 0 Å². The number of hydrogen-bond donors (Lipinski definition) is 3. The largest absolute Gasteiger partial charge is 0.443 e. The molecule has 0 unspecified atom stereocenters. The minimum absolute atomic E-state index is 0.0108. The van der Waals surface area contributed by atoms with E-state index in [1.165, 1.54) is 6.39 Å². The first kappa shape index (κ1) is 17.7. The van der Waals surface area contributed by atoms with Crippen molar-refractivity contribution >= 4 is 11.8 Å². The van der Waals surface area contributed by atoms with E-state index in [9.17, 15) is 9.59 Å². The number of amides is 2. The molecule has 4 N–H and O–H groups in total. The molecule has 0 aliphatic heterocycles. The summed E-state index contributed by atoms with van der Waals surface area (Å²) in [6, 6.07) is 8.88. The summed E-state index contributed by atoms with van der Waals surface area (Å²) in [4.78, 5) is 27.7. The summed E-state index contributed by atoms with van der Waals surface area (Å²) >= 11 is 0. The summed E-state index contributed by atoms with van der Waals surface area (Å²) in [5.41, 5.74) is 7.22. The van der Waals surface area contributed by atoms with Gasteiger partial charge in [-0.25, -0.2) is 4.98 Å². The molecule has 7 nitrogen and oxygen atoms in total. The van der Waals surface area contributed by atoms with Crippen LogP contribution in [0, 0.1) is 5.92 Å². The van der Waals surface area contributed by atoms with Crippen molar-refractivity contribution in [2.45, 2.75) is 26.4 Å². The second-order valence-electron chi connectivity index (χ2n) is 5.76. The molecular weight excluding hydrogens is 308 g/mol. The van der Waals surface area contributed by atoms with Crippen molar-refractivity contribution in [2.24, 2.45) is 11.7 Å². The van der Waals surface area contributed by atoms with Gasteiger partial charge in [0.05, 0.1) is 19.1 Å². The molecule has 1 atom stereocenters. The lowest BCUT2D eigenvalue weighted by Gasteiger charge is -2.15. The maximum atomic E-state index is 11.9. The third-order valence-electron chi connectivity index (χ3n) is 3.57. The van der Waals surface area contributed by atoms with Gasteiger partial charge < -0.3 is 20.8 Å². The van der Waals surface area contributed by atoms with Crippen LogP contribution in [0.5, 0.6) is 0 Å². The first-order chi connectivity index (χ1) is 11.5. The van der Waals surface area contributed by atoms with Crippen LogP contribution in [0.2, 0.25) is 0 Å². The molecule has 2 amide bonds. The molecule has 2 rings (SSSR count). The van der Waals surface area contributed by atoms with Crippen LogP contribution >= 0.6 is 0 Å². The summed E-state index contributed by atoms with van der Waals surface area (Å²) in [6.45, 7) is 3.78. The zero-order valence-electron chi connectivity index (χ0n) is 13.8. The van der Waals surface area contributed by atoms with Gasteiger partial charge in [0.2, 0.25) is 11.8 Å². The molecular formula is C17H22N4O3. The van der Waals surface area contributed by atoms with Gasteiger partial charge in [0.25, 0.3) is 0 Å². The van der Waals surface area contributed by atoms with Gasteiger partial charge in [-0.2, -0.15) is 0 Å². The monoisotopic (exact) mass is 330 g/mol. The first-order valence-electron chi connectivity index (χ1n) is 7.76. The number of carbonyl (C=O) groups is 2. The second kappa shape index (κ2) is 8.26. The van der Waals surface area contributed by atoms with Crippen LogP contribution in [0.15, 0.2) is 41.1 Å². The van der Waals surface area contributed by atoms with Gasteiger partial charge in [-0.1, -0.05) is 44.2 Å². The minimum atomic E-state index is -0.627. The fourth-order valence-electron chi connectivity index (χ4n) is 2.05. The molecule has 7 heteroatoms. The number of nitrogens with one attached hydrogen (secondary N) is 2. The highest BCUT2D eigenvalue weighted by Crippen LogP contribution is 2.22. The molecule has 0 bridgehead atoms. The van der Waals surface area contributed by atoms with E-state index in [0.717, 1.165) is 5.56 Å². The van der Waals surface area contributed by atoms with Crippen molar-refractivity contribution < 1.29 is 14.0 Å². The van der Waals surface area contributed by atoms with Crippen LogP contribution in [-0.4, -0.2) is 29.4 Å². The number of aromatic nitrogens is 1. The molecule has 1 aromatic heterocycles. The predicted molar refractivity (Wildman–Crippen MR) is 89.6 cm³/mol. The standard InChI is InChI=1S/C17H22N4O3/c1-11(2)15(18)17(23)20-9-14(22)19-8-13-16(24-10-21-13)12-6-4-3-5-7-12/h3-7,10-11,15H,8-9,18H2,1-2H3,(H,19,22)(H,20,23)/t15-/m0/s1. The Morgan fingerprint density at radius 3 is 2.58 bits per heavy atom. The Labute approximate surface area is 140 Å². The maximum Gasteiger partial charge on any atom is 0.239 e. The Morgan fingerprint density at radius 1 is 1.21 bits per heavy atom. The Kier molecular flexibility index (Phi) is 6.08. The van der Waals surface area contributed by atoms with E-state index < -0.39 is 6.04 Å². The maximum absolute atomic E-state index is 11.9. The zero-order valence-corrected chi connectivity index (χ0v) is 13.8. The number of hydrogen-bond acceptors (Lipinski definition) is 5. The summed E-state index contributed by atoms with van der Waals surface area (Å²) in [6.07, 6.45) is 1.34. The predicted octanol–water partition coefficient (Wildman–Crippen LogP) is 1.06. The van der Waals surface area contributed by atoms with Crippen molar-refractivity contribution in [2.75, 3.05) is 6.54 Å². The third-order valence-corrected chi connectivity index (χ3v) is 3.57. The number of benzene rings is 1. The number of nitrogens with zero attached hydrogens (tertiary/aromatic N) is 1. The Hall–Kier alpha value is -2.67. The lowest BCUT2D eigenvalue weighted by Crippen LogP contribution is -2.47. The minimum Gasteiger partial charge on any atom is -0.443 e. The fraction of sp³-hybridized carbons (Fsp3) is 0.353. The highest BCUT2D eigenvalue weighted by atomic mass is 16.3. The number of rotatable bonds is 7. The number of nitrogens with two attached hydrogens (primary N) is 1. The van der Waals surface area contributed by atoms with E-state index in [-0.39, 0.29) is 30.8 Å². The molecule has 0 saturated heterocycles. The Balaban J connectivity index is 1.85. The number of oxazole rings is 1. The molecule has 0 radical (unpaired) electrons. The van der Waals surface area contributed by atoms with Crippen LogP contribution in [0.3, 0.4) is 0 Å². The van der Waals surface area contributed by atoms with Gasteiger partial charge in [0.15, 0.2) is 12.2 Å². The van der Waals surface area contributed by atoms with Crippen molar-refractivity contribution in [3.8, 4) is 11.3 Å². The van der Waals surface area contributed by atoms with Crippen molar-refractivity contribution in [3.05, 3.63) is 42.4 Å². The quantitative estimate of drug-likeness (QED) is 0.703. The Bertz CT molecular complexity index is 682. The van der Waals surface area contributed by atoms with Crippen LogP contribution in [0.4, 0.5) is 0 Å². The van der Waals surface area contributed by atoms with E-state index in [2.05, 4.69) is 15.6 Å². The first-order valence-corrected chi connectivity index (χ1v) is 7.76. The molecule has 1 heterocycles. The van der Waals surface area contributed by atoms with Crippen LogP contribution in [0.1, 0.15) is 19.5 Å². The molecule has 0 saturated carbocycles. The van der Waals surface area contributed by atoms with Crippen molar-refractivity contribution in [3.63, 3.8) is 0 Å². The molecule has 0 fully saturated rings. The topological polar surface area (TPSA) is 110 Å². The van der Waals surface area contributed by atoms with Gasteiger partial charge in [-0.3, -0.25) is 9.59 Å². The van der Waals surface area contributed by atoms with Crippen LogP contribution < -0.4 is 16.4 Å². The van der Waals surface area contributed by atoms with E-state index in [0.29, 0.717) is 11.5 Å². The van der Waals surface area contributed by atoms with Gasteiger partial charge in [-0.05, 0) is 5.92 Å². The van der Waals surface area contributed by atoms with Gasteiger partial charge >= 0.3 is 0 Å². The molecule has 0 aliphatic rings. The molecule has 0 aliphatic carbocycles. The molecule has 128 valence electrons.